The number of imide groups is 2. The average Bonchev–Trinajstić information content (AvgIpc) is 2.65. The predicted molar refractivity (Wildman–Crippen MR) is 92.8 cm³/mol. The number of barbiturate groups is 1. The largest absolute Gasteiger partial charge is 0.486 e. The normalized spacial score (nSPS) is 17.9. The summed E-state index contributed by atoms with van der Waals surface area (Å²) in [5, 5.41) is 2.09. The molecule has 0 atom stereocenters. The third-order valence-electron chi connectivity index (χ3n) is 4.05. The molecule has 2 aromatic rings. The second-order valence-corrected chi connectivity index (χ2v) is 5.84. The van der Waals surface area contributed by atoms with Crippen molar-refractivity contribution in [2.75, 3.05) is 18.1 Å². The standard InChI is InChI=1S/C19H13FN2O5/c20-12-2-1-3-13(10-12)22-18(24)14(17(23)21-19(22)25)8-11-4-5-15-16(9-11)27-7-6-26-15/h1-5,8-10H,6-7H2,(H,21,23,25)/b14-8-. The molecule has 136 valence electrons. The van der Waals surface area contributed by atoms with Gasteiger partial charge in [-0.2, -0.15) is 0 Å². The van der Waals surface area contributed by atoms with Crippen molar-refractivity contribution in [1.82, 2.24) is 5.32 Å². The second kappa shape index (κ2) is 6.56. The number of amides is 4. The van der Waals surface area contributed by atoms with Crippen molar-refractivity contribution in [3.63, 3.8) is 0 Å². The maximum Gasteiger partial charge on any atom is 0.335 e. The summed E-state index contributed by atoms with van der Waals surface area (Å²) in [6.07, 6.45) is 1.34. The number of urea groups is 1. The smallest absolute Gasteiger partial charge is 0.335 e. The molecule has 0 spiro atoms. The molecule has 4 amide bonds. The van der Waals surface area contributed by atoms with Crippen LogP contribution in [0.25, 0.3) is 6.08 Å². The zero-order chi connectivity index (χ0) is 19.0. The molecule has 8 heteroatoms. The fourth-order valence-electron chi connectivity index (χ4n) is 2.82. The minimum atomic E-state index is -0.935. The van der Waals surface area contributed by atoms with E-state index in [4.69, 9.17) is 9.47 Å². The number of anilines is 1. The van der Waals surface area contributed by atoms with E-state index in [0.717, 1.165) is 6.07 Å². The number of halogens is 1. The molecule has 0 bridgehead atoms. The van der Waals surface area contributed by atoms with Crippen LogP contribution < -0.4 is 19.7 Å². The number of nitrogens with one attached hydrogen (secondary N) is 1. The lowest BCUT2D eigenvalue weighted by molar-refractivity contribution is -0.122. The van der Waals surface area contributed by atoms with E-state index in [9.17, 15) is 18.8 Å². The highest BCUT2D eigenvalue weighted by molar-refractivity contribution is 6.39. The summed E-state index contributed by atoms with van der Waals surface area (Å²) in [6, 6.07) is 9.01. The first-order valence-electron chi connectivity index (χ1n) is 8.09. The lowest BCUT2D eigenvalue weighted by atomic mass is 10.1. The average molecular weight is 368 g/mol. The fraction of sp³-hybridized carbons (Fsp3) is 0.105. The van der Waals surface area contributed by atoms with Gasteiger partial charge in [0.2, 0.25) is 0 Å². The summed E-state index contributed by atoms with van der Waals surface area (Å²) < 4.78 is 24.4. The van der Waals surface area contributed by atoms with Crippen LogP contribution in [0.1, 0.15) is 5.56 Å². The molecule has 1 saturated heterocycles. The Morgan fingerprint density at radius 2 is 1.78 bits per heavy atom. The Labute approximate surface area is 153 Å². The minimum absolute atomic E-state index is 0.0260. The van der Waals surface area contributed by atoms with Crippen LogP contribution in [0.4, 0.5) is 14.9 Å². The van der Waals surface area contributed by atoms with E-state index < -0.39 is 23.7 Å². The van der Waals surface area contributed by atoms with E-state index in [-0.39, 0.29) is 11.3 Å². The maximum atomic E-state index is 13.5. The molecule has 2 aromatic carbocycles. The van der Waals surface area contributed by atoms with Gasteiger partial charge in [-0.15, -0.1) is 0 Å². The summed E-state index contributed by atoms with van der Waals surface area (Å²) in [7, 11) is 0. The van der Waals surface area contributed by atoms with Crippen LogP contribution >= 0.6 is 0 Å². The SMILES string of the molecule is O=C1NC(=O)N(c2cccc(F)c2)C(=O)/C1=C\c1ccc2c(c1)OCCO2. The highest BCUT2D eigenvalue weighted by atomic mass is 19.1. The molecule has 0 unspecified atom stereocenters. The van der Waals surface area contributed by atoms with E-state index in [2.05, 4.69) is 5.32 Å². The maximum absolute atomic E-state index is 13.5. The van der Waals surface area contributed by atoms with Gasteiger partial charge in [-0.1, -0.05) is 12.1 Å². The van der Waals surface area contributed by atoms with E-state index >= 15 is 0 Å². The molecular weight excluding hydrogens is 355 g/mol. The van der Waals surface area contributed by atoms with Gasteiger partial charge in [-0.3, -0.25) is 14.9 Å². The van der Waals surface area contributed by atoms with Crippen LogP contribution in [-0.4, -0.2) is 31.1 Å². The molecule has 7 nitrogen and oxygen atoms in total. The second-order valence-electron chi connectivity index (χ2n) is 5.84. The van der Waals surface area contributed by atoms with Gasteiger partial charge >= 0.3 is 6.03 Å². The molecule has 0 aromatic heterocycles. The van der Waals surface area contributed by atoms with E-state index in [1.54, 1.807) is 18.2 Å². The topological polar surface area (TPSA) is 84.9 Å². The minimum Gasteiger partial charge on any atom is -0.486 e. The van der Waals surface area contributed by atoms with Crippen molar-refractivity contribution in [2.24, 2.45) is 0 Å². The van der Waals surface area contributed by atoms with Gasteiger partial charge in [-0.25, -0.2) is 14.1 Å². The Balaban J connectivity index is 1.71. The van der Waals surface area contributed by atoms with E-state index in [1.807, 2.05) is 0 Å². The number of hydrogen-bond acceptors (Lipinski definition) is 5. The van der Waals surface area contributed by atoms with Crippen molar-refractivity contribution >= 4 is 29.6 Å². The Morgan fingerprint density at radius 1 is 1.00 bits per heavy atom. The predicted octanol–water partition coefficient (Wildman–Crippen LogP) is 2.26. The van der Waals surface area contributed by atoms with Crippen molar-refractivity contribution in [3.8, 4) is 11.5 Å². The first kappa shape index (κ1) is 16.8. The van der Waals surface area contributed by atoms with Crippen LogP contribution in [0.15, 0.2) is 48.0 Å². The Bertz CT molecular complexity index is 1000. The number of carbonyl (C=O) groups is 3. The van der Waals surface area contributed by atoms with Crippen molar-refractivity contribution < 1.29 is 28.2 Å². The van der Waals surface area contributed by atoms with Gasteiger partial charge in [0.15, 0.2) is 11.5 Å². The Hall–Kier alpha value is -3.68. The highest BCUT2D eigenvalue weighted by Crippen LogP contribution is 2.32. The third kappa shape index (κ3) is 3.12. The first-order valence-corrected chi connectivity index (χ1v) is 8.09. The van der Waals surface area contributed by atoms with Crippen LogP contribution in [0.3, 0.4) is 0 Å². The molecule has 1 N–H and O–H groups in total. The molecule has 0 aliphatic carbocycles. The fourth-order valence-corrected chi connectivity index (χ4v) is 2.82. The number of fused-ring (bicyclic) bond motifs is 1. The van der Waals surface area contributed by atoms with Gasteiger partial charge in [0, 0.05) is 0 Å². The first-order chi connectivity index (χ1) is 13.0. The molecule has 27 heavy (non-hydrogen) atoms. The van der Waals surface area contributed by atoms with Gasteiger partial charge in [-0.05, 0) is 42.0 Å². The summed E-state index contributed by atoms with van der Waals surface area (Å²) in [6.45, 7) is 0.841. The van der Waals surface area contributed by atoms with E-state index in [0.29, 0.717) is 35.2 Å². The number of ether oxygens (including phenoxy) is 2. The molecule has 0 saturated carbocycles. The number of carbonyl (C=O) groups excluding carboxylic acids is 3. The van der Waals surface area contributed by atoms with Gasteiger partial charge < -0.3 is 9.47 Å². The van der Waals surface area contributed by atoms with Crippen molar-refractivity contribution in [1.29, 1.82) is 0 Å². The molecule has 2 aliphatic rings. The molecule has 2 heterocycles. The number of nitrogens with zero attached hydrogens (tertiary/aromatic N) is 1. The molecule has 0 radical (unpaired) electrons. The lowest BCUT2D eigenvalue weighted by Gasteiger charge is -2.26. The van der Waals surface area contributed by atoms with Gasteiger partial charge in [0.25, 0.3) is 11.8 Å². The zero-order valence-corrected chi connectivity index (χ0v) is 13.9. The molecular formula is C19H13FN2O5. The number of rotatable bonds is 2. The third-order valence-corrected chi connectivity index (χ3v) is 4.05. The van der Waals surface area contributed by atoms with Crippen molar-refractivity contribution in [2.45, 2.75) is 0 Å². The summed E-state index contributed by atoms with van der Waals surface area (Å²) in [4.78, 5) is 37.7. The summed E-state index contributed by atoms with van der Waals surface area (Å²) >= 11 is 0. The highest BCUT2D eigenvalue weighted by Gasteiger charge is 2.37. The van der Waals surface area contributed by atoms with Crippen LogP contribution in [0.2, 0.25) is 0 Å². The summed E-state index contributed by atoms with van der Waals surface area (Å²) in [5.41, 5.74) is 0.292. The zero-order valence-electron chi connectivity index (χ0n) is 13.9. The van der Waals surface area contributed by atoms with Crippen LogP contribution in [-0.2, 0) is 9.59 Å². The monoisotopic (exact) mass is 368 g/mol. The molecule has 2 aliphatic heterocycles. The van der Waals surface area contributed by atoms with Gasteiger partial charge in [0.1, 0.15) is 24.6 Å². The van der Waals surface area contributed by atoms with Crippen LogP contribution in [0.5, 0.6) is 11.5 Å². The lowest BCUT2D eigenvalue weighted by Crippen LogP contribution is -2.54. The van der Waals surface area contributed by atoms with Crippen molar-refractivity contribution in [3.05, 3.63) is 59.4 Å². The Morgan fingerprint density at radius 3 is 2.56 bits per heavy atom. The molecule has 1 fully saturated rings. The number of benzene rings is 2. The van der Waals surface area contributed by atoms with Crippen LogP contribution in [0, 0.1) is 5.82 Å². The quantitative estimate of drug-likeness (QED) is 0.649. The molecule has 4 rings (SSSR count). The van der Waals surface area contributed by atoms with E-state index in [1.165, 1.54) is 24.3 Å². The number of hydrogen-bond donors (Lipinski definition) is 1. The van der Waals surface area contributed by atoms with Gasteiger partial charge in [0.05, 0.1) is 5.69 Å². The Kier molecular flexibility index (Phi) is 4.08. The summed E-state index contributed by atoms with van der Waals surface area (Å²) in [5.74, 6) is -1.21.